The first-order valence-corrected chi connectivity index (χ1v) is 6.70. The van der Waals surface area contributed by atoms with Crippen molar-refractivity contribution in [3.05, 3.63) is 58.7 Å². The Kier molecular flexibility index (Phi) is 7.36. The molecule has 9 nitrogen and oxygen atoms in total. The van der Waals surface area contributed by atoms with Gasteiger partial charge >= 0.3 is 12.0 Å². The summed E-state index contributed by atoms with van der Waals surface area (Å²) < 4.78 is 4.65. The smallest absolute Gasteiger partial charge is 0.331 e. The molecule has 0 atom stereocenters. The van der Waals surface area contributed by atoms with Gasteiger partial charge in [0, 0.05) is 24.8 Å². The van der Waals surface area contributed by atoms with Crippen LogP contribution in [0.4, 0.5) is 10.5 Å². The zero-order valence-corrected chi connectivity index (χ0v) is 12.6. The predicted octanol–water partition coefficient (Wildman–Crippen LogP) is 1.16. The van der Waals surface area contributed by atoms with Gasteiger partial charge in [0.25, 0.3) is 11.6 Å². The number of urea groups is 1. The van der Waals surface area contributed by atoms with Crippen molar-refractivity contribution in [2.24, 2.45) is 0 Å². The third kappa shape index (κ3) is 6.98. The maximum absolute atomic E-state index is 11.4. The molecule has 0 unspecified atom stereocenters. The maximum atomic E-state index is 11.4. The number of nitrogens with zero attached hydrogens (tertiary/aromatic N) is 1. The molecule has 0 saturated carbocycles. The fraction of sp³-hybridized carbons (Fsp3) is 0.133. The number of non-ortho nitro benzene ring substituents is 1. The summed E-state index contributed by atoms with van der Waals surface area (Å²) in [7, 11) is 0. The number of nitro groups is 1. The van der Waals surface area contributed by atoms with E-state index in [1.807, 2.05) is 5.32 Å². The quantitative estimate of drug-likeness (QED) is 0.253. The van der Waals surface area contributed by atoms with E-state index in [0.717, 1.165) is 6.08 Å². The Morgan fingerprint density at radius 1 is 1.25 bits per heavy atom. The van der Waals surface area contributed by atoms with E-state index in [4.69, 9.17) is 0 Å². The molecule has 1 rings (SSSR count). The summed E-state index contributed by atoms with van der Waals surface area (Å²) in [5.41, 5.74) is 0.479. The molecule has 3 amide bonds. The molecule has 1 aromatic carbocycles. The summed E-state index contributed by atoms with van der Waals surface area (Å²) in [6.45, 7) is 2.96. The van der Waals surface area contributed by atoms with E-state index >= 15 is 0 Å². The van der Waals surface area contributed by atoms with Crippen molar-refractivity contribution >= 4 is 29.7 Å². The lowest BCUT2D eigenvalue weighted by molar-refractivity contribution is -0.384. The molecule has 0 heterocycles. The van der Waals surface area contributed by atoms with Crippen LogP contribution in [0.15, 0.2) is 43.0 Å². The predicted molar refractivity (Wildman–Crippen MR) is 84.8 cm³/mol. The Morgan fingerprint density at radius 3 is 2.50 bits per heavy atom. The summed E-state index contributed by atoms with van der Waals surface area (Å²) in [6, 6.07) is 4.77. The van der Waals surface area contributed by atoms with Crippen LogP contribution in [-0.2, 0) is 14.3 Å². The highest BCUT2D eigenvalue weighted by Crippen LogP contribution is 2.12. The van der Waals surface area contributed by atoms with E-state index in [9.17, 15) is 24.5 Å². The summed E-state index contributed by atoms with van der Waals surface area (Å²) in [5.74, 6) is -1.58. The highest BCUT2D eigenvalue weighted by atomic mass is 16.6. The molecule has 1 aromatic rings. The van der Waals surface area contributed by atoms with Gasteiger partial charge in [-0.25, -0.2) is 9.59 Å². The van der Waals surface area contributed by atoms with Crippen LogP contribution in [-0.4, -0.2) is 36.0 Å². The van der Waals surface area contributed by atoms with E-state index in [1.165, 1.54) is 36.4 Å². The largest absolute Gasteiger partial charge is 0.452 e. The first-order chi connectivity index (χ1) is 11.4. The Bertz CT molecular complexity index is 666. The molecule has 0 aliphatic carbocycles. The fourth-order valence-corrected chi connectivity index (χ4v) is 1.43. The minimum absolute atomic E-state index is 0.0684. The molecule has 0 radical (unpaired) electrons. The monoisotopic (exact) mass is 333 g/mol. The van der Waals surface area contributed by atoms with Crippen molar-refractivity contribution in [2.45, 2.75) is 0 Å². The first-order valence-electron chi connectivity index (χ1n) is 6.70. The van der Waals surface area contributed by atoms with Gasteiger partial charge in [-0.1, -0.05) is 6.08 Å². The molecule has 0 aliphatic rings. The zero-order chi connectivity index (χ0) is 17.9. The van der Waals surface area contributed by atoms with Crippen LogP contribution in [0.5, 0.6) is 0 Å². The second-order valence-corrected chi connectivity index (χ2v) is 4.34. The lowest BCUT2D eigenvalue weighted by Crippen LogP contribution is -2.41. The van der Waals surface area contributed by atoms with Crippen molar-refractivity contribution in [1.82, 2.24) is 10.6 Å². The number of ether oxygens (including phenoxy) is 1. The second-order valence-electron chi connectivity index (χ2n) is 4.34. The fourth-order valence-electron chi connectivity index (χ4n) is 1.43. The zero-order valence-electron chi connectivity index (χ0n) is 12.6. The third-order valence-electron chi connectivity index (χ3n) is 2.52. The normalized spacial score (nSPS) is 10.0. The third-order valence-corrected chi connectivity index (χ3v) is 2.52. The number of hydrogen-bond acceptors (Lipinski definition) is 6. The van der Waals surface area contributed by atoms with Crippen molar-refractivity contribution in [3.8, 4) is 0 Å². The van der Waals surface area contributed by atoms with Crippen molar-refractivity contribution in [2.75, 3.05) is 13.2 Å². The number of nitrogens with one attached hydrogen (secondary N) is 2. The van der Waals surface area contributed by atoms with E-state index in [2.05, 4.69) is 16.6 Å². The highest BCUT2D eigenvalue weighted by molar-refractivity contribution is 5.96. The Hall–Kier alpha value is -3.49. The van der Waals surface area contributed by atoms with Gasteiger partial charge in [0.2, 0.25) is 0 Å². The van der Waals surface area contributed by atoms with Crippen LogP contribution in [0.25, 0.3) is 6.08 Å². The molecular formula is C15H15N3O6. The number of benzene rings is 1. The van der Waals surface area contributed by atoms with E-state index < -0.39 is 29.4 Å². The van der Waals surface area contributed by atoms with Gasteiger partial charge in [-0.05, 0) is 23.8 Å². The number of hydrogen-bond donors (Lipinski definition) is 2. The van der Waals surface area contributed by atoms with Crippen molar-refractivity contribution in [3.63, 3.8) is 0 Å². The average Bonchev–Trinajstić information content (AvgIpc) is 2.56. The number of imide groups is 1. The molecule has 0 aliphatic heterocycles. The molecule has 0 bridgehead atoms. The van der Waals surface area contributed by atoms with Gasteiger partial charge in [-0.15, -0.1) is 6.58 Å². The summed E-state index contributed by atoms with van der Waals surface area (Å²) >= 11 is 0. The van der Waals surface area contributed by atoms with Gasteiger partial charge < -0.3 is 10.1 Å². The van der Waals surface area contributed by atoms with Crippen LogP contribution in [0.2, 0.25) is 0 Å². The maximum Gasteiger partial charge on any atom is 0.331 e. The SMILES string of the molecule is C=CCNC(=O)NC(=O)COC(=O)/C=C/c1ccc([N+](=O)[O-])cc1. The van der Waals surface area contributed by atoms with Crippen LogP contribution in [0, 0.1) is 10.1 Å². The Balaban J connectivity index is 2.40. The molecule has 0 spiro atoms. The van der Waals surface area contributed by atoms with Gasteiger partial charge in [0.15, 0.2) is 6.61 Å². The first kappa shape index (κ1) is 18.6. The Morgan fingerprint density at radius 2 is 1.92 bits per heavy atom. The minimum Gasteiger partial charge on any atom is -0.452 e. The molecule has 0 fully saturated rings. The molecule has 9 heteroatoms. The van der Waals surface area contributed by atoms with Crippen LogP contribution < -0.4 is 10.6 Å². The Labute approximate surface area is 137 Å². The van der Waals surface area contributed by atoms with E-state index in [1.54, 1.807) is 0 Å². The number of amides is 3. The number of carbonyl (C=O) groups is 3. The topological polar surface area (TPSA) is 128 Å². The van der Waals surface area contributed by atoms with Crippen LogP contribution in [0.3, 0.4) is 0 Å². The number of carbonyl (C=O) groups excluding carboxylic acids is 3. The molecule has 0 aromatic heterocycles. The molecule has 0 saturated heterocycles. The minimum atomic E-state index is -0.796. The molecule has 2 N–H and O–H groups in total. The number of rotatable bonds is 7. The standard InChI is InChI=1S/C15H15N3O6/c1-2-9-16-15(21)17-13(19)10-24-14(20)8-5-11-3-6-12(7-4-11)18(22)23/h2-8H,1,9-10H2,(H2,16,17,19,21)/b8-5+. The highest BCUT2D eigenvalue weighted by Gasteiger charge is 2.09. The summed E-state index contributed by atoms with van der Waals surface area (Å²) in [4.78, 5) is 43.9. The molecular weight excluding hydrogens is 318 g/mol. The van der Waals surface area contributed by atoms with Crippen LogP contribution in [0.1, 0.15) is 5.56 Å². The van der Waals surface area contributed by atoms with Gasteiger partial charge in [-0.3, -0.25) is 20.2 Å². The van der Waals surface area contributed by atoms with Crippen LogP contribution >= 0.6 is 0 Å². The summed E-state index contributed by atoms with van der Waals surface area (Å²) in [5, 5.41) is 14.8. The summed E-state index contributed by atoms with van der Waals surface area (Å²) in [6.07, 6.45) is 3.88. The lowest BCUT2D eigenvalue weighted by atomic mass is 10.2. The van der Waals surface area contributed by atoms with Gasteiger partial charge in [-0.2, -0.15) is 0 Å². The van der Waals surface area contributed by atoms with E-state index in [-0.39, 0.29) is 12.2 Å². The van der Waals surface area contributed by atoms with E-state index in [0.29, 0.717) is 5.56 Å². The number of nitro benzene ring substituents is 1. The van der Waals surface area contributed by atoms with Gasteiger partial charge in [0.1, 0.15) is 0 Å². The van der Waals surface area contributed by atoms with Crippen molar-refractivity contribution < 1.29 is 24.0 Å². The molecule has 24 heavy (non-hydrogen) atoms. The number of esters is 1. The molecule has 126 valence electrons. The average molecular weight is 333 g/mol. The van der Waals surface area contributed by atoms with Crippen molar-refractivity contribution in [1.29, 1.82) is 0 Å². The van der Waals surface area contributed by atoms with Gasteiger partial charge in [0.05, 0.1) is 4.92 Å². The second kappa shape index (κ2) is 9.51. The lowest BCUT2D eigenvalue weighted by Gasteiger charge is -2.04.